The predicted molar refractivity (Wildman–Crippen MR) is 110 cm³/mol. The van der Waals surface area contributed by atoms with Crippen LogP contribution in [0.15, 0.2) is 35.5 Å². The van der Waals surface area contributed by atoms with Crippen LogP contribution in [0.3, 0.4) is 0 Å². The predicted octanol–water partition coefficient (Wildman–Crippen LogP) is 3.94. The zero-order valence-corrected chi connectivity index (χ0v) is 18.1. The zero-order valence-electron chi connectivity index (χ0n) is 17.2. The van der Waals surface area contributed by atoms with Gasteiger partial charge in [-0.25, -0.2) is 18.2 Å². The van der Waals surface area contributed by atoms with Gasteiger partial charge in [-0.3, -0.25) is 9.93 Å². The number of halogens is 6. The Bertz CT molecular complexity index is 1090. The van der Waals surface area contributed by atoms with Gasteiger partial charge in [0.05, 0.1) is 11.3 Å². The van der Waals surface area contributed by atoms with Gasteiger partial charge in [0.15, 0.2) is 11.6 Å². The van der Waals surface area contributed by atoms with Gasteiger partial charge in [0.25, 0.3) is 5.92 Å². The molecule has 3 heterocycles. The first kappa shape index (κ1) is 24.4. The van der Waals surface area contributed by atoms with E-state index in [1.807, 2.05) is 0 Å². The van der Waals surface area contributed by atoms with Crippen LogP contribution in [0.2, 0.25) is 0 Å². The van der Waals surface area contributed by atoms with Gasteiger partial charge >= 0.3 is 6.61 Å². The van der Waals surface area contributed by atoms with E-state index in [2.05, 4.69) is 15.0 Å². The van der Waals surface area contributed by atoms with Crippen LogP contribution in [0, 0.1) is 11.6 Å². The number of amides is 1. The molecule has 184 valence electrons. The van der Waals surface area contributed by atoms with Gasteiger partial charge in [0.1, 0.15) is 17.7 Å². The van der Waals surface area contributed by atoms with Crippen LogP contribution in [-0.2, 0) is 9.53 Å². The van der Waals surface area contributed by atoms with Crippen LogP contribution >= 0.6 is 11.9 Å². The number of aromatic nitrogens is 1. The SMILES string of the molecule is NSc1cc(NC(=O)C2CC3(CN2c2ccc(F)c(F)c2OC(F)F)CC(F)(F)CO3)ccn1. The molecule has 0 radical (unpaired) electrons. The minimum Gasteiger partial charge on any atom is -0.429 e. The Morgan fingerprint density at radius 2 is 2.09 bits per heavy atom. The highest BCUT2D eigenvalue weighted by Crippen LogP contribution is 2.48. The zero-order chi connectivity index (χ0) is 24.7. The van der Waals surface area contributed by atoms with Crippen molar-refractivity contribution in [2.75, 3.05) is 23.4 Å². The standard InChI is InChI=1S/C20H18F6N4O3S/c21-11-1-2-12(16(15(11)22)33-18(23)24)30-8-19(7-20(25,26)9-32-19)6-13(30)17(31)29-10-3-4-28-14(5-10)34-27/h1-5,13,18H,6-9,27H2,(H,28,29,31). The molecule has 34 heavy (non-hydrogen) atoms. The van der Waals surface area contributed by atoms with Crippen molar-refractivity contribution in [3.63, 3.8) is 0 Å². The number of nitrogens with two attached hydrogens (primary N) is 1. The van der Waals surface area contributed by atoms with Crippen molar-refractivity contribution in [3.05, 3.63) is 42.1 Å². The van der Waals surface area contributed by atoms with Crippen molar-refractivity contribution >= 4 is 29.2 Å². The van der Waals surface area contributed by atoms with Crippen molar-refractivity contribution < 1.29 is 40.6 Å². The number of hydrogen-bond donors (Lipinski definition) is 2. The Hall–Kier alpha value is -2.71. The van der Waals surface area contributed by atoms with Crippen LogP contribution in [0.4, 0.5) is 37.7 Å². The molecule has 2 atom stereocenters. The molecule has 14 heteroatoms. The molecule has 7 nitrogen and oxygen atoms in total. The highest BCUT2D eigenvalue weighted by atomic mass is 32.2. The fraction of sp³-hybridized carbons (Fsp3) is 0.400. The number of alkyl halides is 4. The number of nitrogens with zero attached hydrogens (tertiary/aromatic N) is 2. The normalized spacial score (nSPS) is 23.6. The molecule has 1 aromatic carbocycles. The summed E-state index contributed by atoms with van der Waals surface area (Å²) in [4.78, 5) is 18.2. The van der Waals surface area contributed by atoms with Gasteiger partial charge < -0.3 is 19.7 Å². The highest BCUT2D eigenvalue weighted by molar-refractivity contribution is 7.97. The molecular weight excluding hydrogens is 490 g/mol. The third kappa shape index (κ3) is 4.88. The van der Waals surface area contributed by atoms with E-state index in [0.29, 0.717) is 11.1 Å². The summed E-state index contributed by atoms with van der Waals surface area (Å²) in [7, 11) is 0. The summed E-state index contributed by atoms with van der Waals surface area (Å²) in [5.74, 6) is -8.19. The Balaban J connectivity index is 1.71. The van der Waals surface area contributed by atoms with E-state index in [4.69, 9.17) is 9.88 Å². The molecule has 2 aromatic rings. The van der Waals surface area contributed by atoms with Crippen LogP contribution in [0.1, 0.15) is 12.8 Å². The van der Waals surface area contributed by atoms with Gasteiger partial charge in [-0.05, 0) is 36.2 Å². The average molecular weight is 508 g/mol. The average Bonchev–Trinajstić information content (AvgIpc) is 3.29. The molecular formula is C20H18F6N4O3S. The van der Waals surface area contributed by atoms with Crippen molar-refractivity contribution in [2.45, 2.75) is 42.0 Å². The summed E-state index contributed by atoms with van der Waals surface area (Å²) < 4.78 is 91.6. The molecule has 3 N–H and O–H groups in total. The molecule has 2 aliphatic heterocycles. The lowest BCUT2D eigenvalue weighted by atomic mass is 9.95. The van der Waals surface area contributed by atoms with E-state index in [1.54, 1.807) is 0 Å². The first-order valence-electron chi connectivity index (χ1n) is 9.87. The second-order valence-corrected chi connectivity index (χ2v) is 8.58. The van der Waals surface area contributed by atoms with Crippen molar-refractivity contribution in [3.8, 4) is 5.75 Å². The first-order chi connectivity index (χ1) is 16.0. The van der Waals surface area contributed by atoms with Gasteiger partial charge in [-0.1, -0.05) is 0 Å². The number of hydrogen-bond acceptors (Lipinski definition) is 7. The molecule has 1 amide bonds. The van der Waals surface area contributed by atoms with Gasteiger partial charge in [-0.15, -0.1) is 0 Å². The quantitative estimate of drug-likeness (QED) is 0.451. The molecule has 2 fully saturated rings. The fourth-order valence-corrected chi connectivity index (χ4v) is 4.54. The van der Waals surface area contributed by atoms with Crippen LogP contribution in [0.5, 0.6) is 5.75 Å². The third-order valence-corrected chi connectivity index (χ3v) is 6.01. The van der Waals surface area contributed by atoms with E-state index in [-0.39, 0.29) is 18.7 Å². The molecule has 2 aliphatic rings. The number of benzene rings is 1. The summed E-state index contributed by atoms with van der Waals surface area (Å²) in [5.41, 5.74) is -1.64. The molecule has 0 saturated carbocycles. The summed E-state index contributed by atoms with van der Waals surface area (Å²) in [6.07, 6.45) is 0.382. The van der Waals surface area contributed by atoms with Crippen LogP contribution in [0.25, 0.3) is 0 Å². The summed E-state index contributed by atoms with van der Waals surface area (Å²) in [6, 6.07) is 3.26. The van der Waals surface area contributed by atoms with Crippen LogP contribution < -0.4 is 20.1 Å². The van der Waals surface area contributed by atoms with Crippen molar-refractivity contribution in [1.29, 1.82) is 0 Å². The molecule has 2 unspecified atom stereocenters. The topological polar surface area (TPSA) is 89.7 Å². The number of nitrogens with one attached hydrogen (secondary N) is 1. The molecule has 0 aliphatic carbocycles. The minimum atomic E-state index is -3.50. The summed E-state index contributed by atoms with van der Waals surface area (Å²) >= 11 is 0.824. The van der Waals surface area contributed by atoms with E-state index >= 15 is 0 Å². The Morgan fingerprint density at radius 3 is 2.74 bits per heavy atom. The number of ether oxygens (including phenoxy) is 2. The molecule has 2 saturated heterocycles. The second-order valence-electron chi connectivity index (χ2n) is 7.93. The van der Waals surface area contributed by atoms with E-state index < -0.39 is 66.2 Å². The highest BCUT2D eigenvalue weighted by Gasteiger charge is 2.58. The maximum Gasteiger partial charge on any atom is 0.387 e. The third-order valence-electron chi connectivity index (χ3n) is 5.54. The lowest BCUT2D eigenvalue weighted by Gasteiger charge is -2.28. The van der Waals surface area contributed by atoms with Gasteiger partial charge in [-0.2, -0.15) is 13.2 Å². The Labute approximate surface area is 193 Å². The van der Waals surface area contributed by atoms with Gasteiger partial charge in [0, 0.05) is 31.3 Å². The maximum absolute atomic E-state index is 14.4. The first-order valence-corrected chi connectivity index (χ1v) is 10.8. The Morgan fingerprint density at radius 1 is 1.32 bits per heavy atom. The molecule has 4 rings (SSSR count). The van der Waals surface area contributed by atoms with Crippen LogP contribution in [-0.4, -0.2) is 48.2 Å². The smallest absolute Gasteiger partial charge is 0.387 e. The monoisotopic (exact) mass is 508 g/mol. The number of rotatable bonds is 6. The number of anilines is 2. The van der Waals surface area contributed by atoms with Gasteiger partial charge in [0.2, 0.25) is 11.7 Å². The number of carbonyl (C=O) groups excluding carboxylic acids is 1. The summed E-state index contributed by atoms with van der Waals surface area (Å²) in [5, 5.41) is 8.42. The van der Waals surface area contributed by atoms with E-state index in [9.17, 15) is 31.1 Å². The second kappa shape index (κ2) is 9.15. The largest absolute Gasteiger partial charge is 0.429 e. The Kier molecular flexibility index (Phi) is 6.57. The minimum absolute atomic E-state index is 0.259. The molecule has 1 aromatic heterocycles. The maximum atomic E-state index is 14.4. The number of carbonyl (C=O) groups is 1. The van der Waals surface area contributed by atoms with E-state index in [1.165, 1.54) is 18.3 Å². The lowest BCUT2D eigenvalue weighted by Crippen LogP contribution is -2.40. The van der Waals surface area contributed by atoms with Crippen molar-refractivity contribution in [1.82, 2.24) is 4.98 Å². The van der Waals surface area contributed by atoms with E-state index in [0.717, 1.165) is 22.9 Å². The molecule has 0 bridgehead atoms. The fourth-order valence-electron chi connectivity index (χ4n) is 4.23. The number of pyridine rings is 1. The lowest BCUT2D eigenvalue weighted by molar-refractivity contribution is -0.117. The summed E-state index contributed by atoms with van der Waals surface area (Å²) in [6.45, 7) is -4.77. The van der Waals surface area contributed by atoms with Crippen molar-refractivity contribution in [2.24, 2.45) is 5.14 Å². The molecule has 1 spiro atoms.